The van der Waals surface area contributed by atoms with Crippen LogP contribution in [0.1, 0.15) is 12.0 Å². The van der Waals surface area contributed by atoms with Gasteiger partial charge in [-0.1, -0.05) is 6.07 Å². The Hall–Kier alpha value is -1.28. The highest BCUT2D eigenvalue weighted by molar-refractivity contribution is 7.13. The molecule has 15 heavy (non-hydrogen) atoms. The summed E-state index contributed by atoms with van der Waals surface area (Å²) in [4.78, 5) is 1.34. The molecular formula is C13H12OS. The molecule has 0 radical (unpaired) electrons. The van der Waals surface area contributed by atoms with E-state index in [-0.39, 0.29) is 0 Å². The Morgan fingerprint density at radius 3 is 3.07 bits per heavy atom. The maximum Gasteiger partial charge on any atom is 0.122 e. The summed E-state index contributed by atoms with van der Waals surface area (Å²) in [7, 11) is 0. The normalized spacial score (nSPS) is 14.4. The molecule has 0 spiro atoms. The first-order valence-corrected chi connectivity index (χ1v) is 6.11. The minimum absolute atomic E-state index is 0.866. The Labute approximate surface area is 93.3 Å². The molecule has 0 saturated carbocycles. The zero-order chi connectivity index (χ0) is 10.1. The highest BCUT2D eigenvalue weighted by Crippen LogP contribution is 2.31. The standard InChI is InChI=1S/C13H12OS/c1-3-10-9-11(13-4-2-8-15-13)5-6-12(10)14-7-1/h2,4-6,8-9H,1,3,7H2. The molecule has 1 nitrogen and oxygen atoms in total. The second-order valence-corrected chi connectivity index (χ2v) is 4.70. The van der Waals surface area contributed by atoms with Gasteiger partial charge in [0.25, 0.3) is 0 Å². The lowest BCUT2D eigenvalue weighted by atomic mass is 10.0. The number of hydrogen-bond donors (Lipinski definition) is 0. The fourth-order valence-electron chi connectivity index (χ4n) is 1.96. The number of fused-ring (bicyclic) bond motifs is 1. The van der Waals surface area contributed by atoms with Crippen molar-refractivity contribution in [3.8, 4) is 16.2 Å². The van der Waals surface area contributed by atoms with Crippen LogP contribution in [-0.4, -0.2) is 6.61 Å². The van der Waals surface area contributed by atoms with Gasteiger partial charge in [0, 0.05) is 4.88 Å². The predicted octanol–water partition coefficient (Wildman–Crippen LogP) is 3.74. The van der Waals surface area contributed by atoms with E-state index < -0.39 is 0 Å². The van der Waals surface area contributed by atoms with Crippen molar-refractivity contribution in [3.05, 3.63) is 41.3 Å². The lowest BCUT2D eigenvalue weighted by Crippen LogP contribution is -2.07. The summed E-state index contributed by atoms with van der Waals surface area (Å²) >= 11 is 1.79. The minimum Gasteiger partial charge on any atom is -0.493 e. The summed E-state index contributed by atoms with van der Waals surface area (Å²) in [5.74, 6) is 1.07. The molecule has 0 fully saturated rings. The topological polar surface area (TPSA) is 9.23 Å². The average Bonchev–Trinajstić information content (AvgIpc) is 2.82. The van der Waals surface area contributed by atoms with Crippen molar-refractivity contribution in [3.63, 3.8) is 0 Å². The molecule has 3 rings (SSSR count). The Balaban J connectivity index is 2.04. The van der Waals surface area contributed by atoms with Gasteiger partial charge < -0.3 is 4.74 Å². The van der Waals surface area contributed by atoms with Crippen molar-refractivity contribution in [2.75, 3.05) is 6.61 Å². The fourth-order valence-corrected chi connectivity index (χ4v) is 2.68. The quantitative estimate of drug-likeness (QED) is 0.705. The Bertz CT molecular complexity index is 459. The number of benzene rings is 1. The molecule has 1 aromatic carbocycles. The van der Waals surface area contributed by atoms with Gasteiger partial charge in [-0.3, -0.25) is 0 Å². The number of ether oxygens (including phenoxy) is 1. The van der Waals surface area contributed by atoms with E-state index in [2.05, 4.69) is 35.7 Å². The van der Waals surface area contributed by atoms with Gasteiger partial charge in [-0.2, -0.15) is 0 Å². The van der Waals surface area contributed by atoms with Crippen LogP contribution in [0.2, 0.25) is 0 Å². The second kappa shape index (κ2) is 3.70. The zero-order valence-corrected chi connectivity index (χ0v) is 9.22. The van der Waals surface area contributed by atoms with Crippen molar-refractivity contribution < 1.29 is 4.74 Å². The molecule has 1 aliphatic rings. The summed E-state index contributed by atoms with van der Waals surface area (Å²) in [6.07, 6.45) is 2.29. The molecule has 0 saturated heterocycles. The van der Waals surface area contributed by atoms with E-state index in [9.17, 15) is 0 Å². The Morgan fingerprint density at radius 2 is 2.20 bits per heavy atom. The van der Waals surface area contributed by atoms with Crippen LogP contribution in [0.15, 0.2) is 35.7 Å². The molecule has 0 atom stereocenters. The summed E-state index contributed by atoms with van der Waals surface area (Å²) in [5, 5.41) is 2.12. The van der Waals surface area contributed by atoms with Gasteiger partial charge in [0.1, 0.15) is 5.75 Å². The Morgan fingerprint density at radius 1 is 1.20 bits per heavy atom. The molecule has 1 aromatic heterocycles. The number of aryl methyl sites for hydroxylation is 1. The van der Waals surface area contributed by atoms with E-state index in [0.717, 1.165) is 25.2 Å². The van der Waals surface area contributed by atoms with Crippen LogP contribution in [0, 0.1) is 0 Å². The van der Waals surface area contributed by atoms with Crippen molar-refractivity contribution in [1.29, 1.82) is 0 Å². The molecule has 0 bridgehead atoms. The number of thiophene rings is 1. The molecule has 2 heterocycles. The van der Waals surface area contributed by atoms with Crippen LogP contribution in [-0.2, 0) is 6.42 Å². The smallest absolute Gasteiger partial charge is 0.122 e. The van der Waals surface area contributed by atoms with Crippen molar-refractivity contribution in [2.45, 2.75) is 12.8 Å². The highest BCUT2D eigenvalue weighted by Gasteiger charge is 2.11. The van der Waals surface area contributed by atoms with E-state index in [0.29, 0.717) is 0 Å². The molecule has 0 amide bonds. The van der Waals surface area contributed by atoms with E-state index in [1.54, 1.807) is 11.3 Å². The molecule has 0 N–H and O–H groups in total. The van der Waals surface area contributed by atoms with Crippen LogP contribution in [0.4, 0.5) is 0 Å². The van der Waals surface area contributed by atoms with Gasteiger partial charge >= 0.3 is 0 Å². The lowest BCUT2D eigenvalue weighted by Gasteiger charge is -2.17. The van der Waals surface area contributed by atoms with Gasteiger partial charge in [-0.25, -0.2) is 0 Å². The summed E-state index contributed by atoms with van der Waals surface area (Å²) in [5.41, 5.74) is 2.67. The fraction of sp³-hybridized carbons (Fsp3) is 0.231. The summed E-state index contributed by atoms with van der Waals surface area (Å²) < 4.78 is 5.60. The summed E-state index contributed by atoms with van der Waals surface area (Å²) in [6.45, 7) is 0.866. The first kappa shape index (κ1) is 8.98. The number of rotatable bonds is 1. The lowest BCUT2D eigenvalue weighted by molar-refractivity contribution is 0.288. The van der Waals surface area contributed by atoms with E-state index in [4.69, 9.17) is 4.74 Å². The molecule has 0 unspecified atom stereocenters. The monoisotopic (exact) mass is 216 g/mol. The molecule has 2 aromatic rings. The second-order valence-electron chi connectivity index (χ2n) is 3.75. The van der Waals surface area contributed by atoms with Crippen LogP contribution in [0.3, 0.4) is 0 Å². The van der Waals surface area contributed by atoms with E-state index >= 15 is 0 Å². The van der Waals surface area contributed by atoms with E-state index in [1.165, 1.54) is 16.0 Å². The molecular weight excluding hydrogens is 204 g/mol. The van der Waals surface area contributed by atoms with Crippen LogP contribution in [0.5, 0.6) is 5.75 Å². The van der Waals surface area contributed by atoms with Crippen molar-refractivity contribution in [1.82, 2.24) is 0 Å². The minimum atomic E-state index is 0.866. The van der Waals surface area contributed by atoms with Gasteiger partial charge in [-0.05, 0) is 53.6 Å². The van der Waals surface area contributed by atoms with Gasteiger partial charge in [0.15, 0.2) is 0 Å². The third-order valence-electron chi connectivity index (χ3n) is 2.71. The zero-order valence-electron chi connectivity index (χ0n) is 8.40. The predicted molar refractivity (Wildman–Crippen MR) is 63.6 cm³/mol. The van der Waals surface area contributed by atoms with Gasteiger partial charge in [-0.15, -0.1) is 11.3 Å². The van der Waals surface area contributed by atoms with Crippen LogP contribution >= 0.6 is 11.3 Å². The third-order valence-corrected chi connectivity index (χ3v) is 3.63. The molecule has 76 valence electrons. The first-order valence-electron chi connectivity index (χ1n) is 5.23. The van der Waals surface area contributed by atoms with Gasteiger partial charge in [0.2, 0.25) is 0 Å². The van der Waals surface area contributed by atoms with Crippen LogP contribution in [0.25, 0.3) is 10.4 Å². The van der Waals surface area contributed by atoms with Crippen molar-refractivity contribution >= 4 is 11.3 Å². The Kier molecular flexibility index (Phi) is 2.22. The molecule has 1 aliphatic heterocycles. The number of hydrogen-bond acceptors (Lipinski definition) is 2. The highest BCUT2D eigenvalue weighted by atomic mass is 32.1. The van der Waals surface area contributed by atoms with E-state index in [1.807, 2.05) is 0 Å². The first-order chi connectivity index (χ1) is 7.43. The maximum absolute atomic E-state index is 5.60. The molecule has 2 heteroatoms. The SMILES string of the molecule is c1csc(-c2ccc3c(c2)CCCO3)c1. The third kappa shape index (κ3) is 1.65. The average molecular weight is 216 g/mol. The summed E-state index contributed by atoms with van der Waals surface area (Å²) in [6, 6.07) is 10.8. The molecule has 0 aliphatic carbocycles. The van der Waals surface area contributed by atoms with Crippen molar-refractivity contribution in [2.24, 2.45) is 0 Å². The van der Waals surface area contributed by atoms with Gasteiger partial charge in [0.05, 0.1) is 6.61 Å². The van der Waals surface area contributed by atoms with Crippen LogP contribution < -0.4 is 4.74 Å². The largest absolute Gasteiger partial charge is 0.493 e. The maximum atomic E-state index is 5.60.